The summed E-state index contributed by atoms with van der Waals surface area (Å²) in [6.45, 7) is 2.13. The van der Waals surface area contributed by atoms with Crippen LogP contribution in [0.4, 0.5) is 5.69 Å². The molecule has 1 heterocycles. The number of aliphatic carboxylic acids is 1. The van der Waals surface area contributed by atoms with Crippen LogP contribution in [0.25, 0.3) is 0 Å². The molecule has 0 bridgehead atoms. The maximum atomic E-state index is 11.6. The standard InChI is InChI=1S/C13H20N4O3/c1-9(2-5-13(19)20)15-11-6-14-17(7-11)8-12(18)16-10-3-4-10/h6-7,9-10,15H,2-5,8H2,1H3,(H,16,18)(H,19,20). The van der Waals surface area contributed by atoms with Crippen molar-refractivity contribution in [2.24, 2.45) is 0 Å². The number of amides is 1. The van der Waals surface area contributed by atoms with Crippen LogP contribution >= 0.6 is 0 Å². The molecule has 1 amide bonds. The monoisotopic (exact) mass is 280 g/mol. The molecular formula is C13H20N4O3. The van der Waals surface area contributed by atoms with Crippen LogP contribution in [0.1, 0.15) is 32.6 Å². The lowest BCUT2D eigenvalue weighted by molar-refractivity contribution is -0.137. The maximum Gasteiger partial charge on any atom is 0.303 e. The van der Waals surface area contributed by atoms with Gasteiger partial charge in [-0.15, -0.1) is 0 Å². The number of nitrogens with zero attached hydrogens (tertiary/aromatic N) is 2. The number of carboxylic acid groups (broad SMARTS) is 1. The third-order valence-corrected chi connectivity index (χ3v) is 3.09. The molecule has 110 valence electrons. The molecule has 0 saturated heterocycles. The van der Waals surface area contributed by atoms with Crippen molar-refractivity contribution < 1.29 is 14.7 Å². The van der Waals surface area contributed by atoms with Crippen LogP contribution in [-0.4, -0.2) is 38.8 Å². The molecule has 1 unspecified atom stereocenters. The van der Waals surface area contributed by atoms with Crippen molar-refractivity contribution in [1.29, 1.82) is 0 Å². The van der Waals surface area contributed by atoms with Crippen LogP contribution < -0.4 is 10.6 Å². The zero-order chi connectivity index (χ0) is 14.5. The number of carbonyl (C=O) groups is 2. The fourth-order valence-electron chi connectivity index (χ4n) is 1.87. The van der Waals surface area contributed by atoms with Crippen LogP contribution in [-0.2, 0) is 16.1 Å². The van der Waals surface area contributed by atoms with E-state index in [2.05, 4.69) is 15.7 Å². The second kappa shape index (κ2) is 6.40. The quantitative estimate of drug-likeness (QED) is 0.655. The Morgan fingerprint density at radius 3 is 2.95 bits per heavy atom. The first kappa shape index (κ1) is 14.4. The smallest absolute Gasteiger partial charge is 0.303 e. The van der Waals surface area contributed by atoms with E-state index in [-0.39, 0.29) is 24.9 Å². The van der Waals surface area contributed by atoms with Gasteiger partial charge in [-0.1, -0.05) is 0 Å². The number of hydrogen-bond donors (Lipinski definition) is 3. The topological polar surface area (TPSA) is 96.2 Å². The summed E-state index contributed by atoms with van der Waals surface area (Å²) in [4.78, 5) is 22.1. The molecule has 20 heavy (non-hydrogen) atoms. The van der Waals surface area contributed by atoms with E-state index in [0.29, 0.717) is 12.5 Å². The van der Waals surface area contributed by atoms with E-state index < -0.39 is 5.97 Å². The van der Waals surface area contributed by atoms with E-state index in [1.165, 1.54) is 0 Å². The molecular weight excluding hydrogens is 260 g/mol. The molecule has 1 aliphatic rings. The van der Waals surface area contributed by atoms with Crippen molar-refractivity contribution >= 4 is 17.6 Å². The average Bonchev–Trinajstić information content (AvgIpc) is 3.07. The normalized spacial score (nSPS) is 15.7. The Kier molecular flexibility index (Phi) is 4.60. The fourth-order valence-corrected chi connectivity index (χ4v) is 1.87. The van der Waals surface area contributed by atoms with Gasteiger partial charge in [-0.05, 0) is 26.2 Å². The second-order valence-electron chi connectivity index (χ2n) is 5.25. The second-order valence-corrected chi connectivity index (χ2v) is 5.25. The average molecular weight is 280 g/mol. The minimum absolute atomic E-state index is 0.0268. The SMILES string of the molecule is CC(CCC(=O)O)Nc1cnn(CC(=O)NC2CC2)c1. The number of anilines is 1. The molecule has 1 saturated carbocycles. The summed E-state index contributed by atoms with van der Waals surface area (Å²) in [5.41, 5.74) is 0.794. The Balaban J connectivity index is 1.75. The number of carbonyl (C=O) groups excluding carboxylic acids is 1. The van der Waals surface area contributed by atoms with E-state index in [1.54, 1.807) is 17.1 Å². The molecule has 1 aliphatic carbocycles. The first-order valence-corrected chi connectivity index (χ1v) is 6.83. The minimum atomic E-state index is -0.800. The lowest BCUT2D eigenvalue weighted by atomic mass is 10.2. The van der Waals surface area contributed by atoms with Crippen molar-refractivity contribution in [3.05, 3.63) is 12.4 Å². The molecule has 0 radical (unpaired) electrons. The van der Waals surface area contributed by atoms with Gasteiger partial charge in [-0.25, -0.2) is 0 Å². The van der Waals surface area contributed by atoms with Crippen LogP contribution in [0, 0.1) is 0 Å². The Morgan fingerprint density at radius 2 is 2.30 bits per heavy atom. The highest BCUT2D eigenvalue weighted by molar-refractivity contribution is 5.76. The highest BCUT2D eigenvalue weighted by Crippen LogP contribution is 2.18. The van der Waals surface area contributed by atoms with Crippen LogP contribution in [0.15, 0.2) is 12.4 Å². The summed E-state index contributed by atoms with van der Waals surface area (Å²) in [5, 5.41) is 18.8. The van der Waals surface area contributed by atoms with Crippen molar-refractivity contribution in [2.75, 3.05) is 5.32 Å². The molecule has 1 aromatic heterocycles. The molecule has 3 N–H and O–H groups in total. The Morgan fingerprint density at radius 1 is 1.55 bits per heavy atom. The van der Waals surface area contributed by atoms with Gasteiger partial charge in [0.2, 0.25) is 5.91 Å². The third-order valence-electron chi connectivity index (χ3n) is 3.09. The molecule has 1 atom stereocenters. The number of carboxylic acids is 1. The van der Waals surface area contributed by atoms with E-state index in [0.717, 1.165) is 18.5 Å². The molecule has 0 spiro atoms. The molecule has 0 aliphatic heterocycles. The van der Waals surface area contributed by atoms with Crippen LogP contribution in [0.3, 0.4) is 0 Å². The Bertz CT molecular complexity index is 482. The maximum absolute atomic E-state index is 11.6. The molecule has 0 aromatic carbocycles. The highest BCUT2D eigenvalue weighted by atomic mass is 16.4. The van der Waals surface area contributed by atoms with Gasteiger partial charge in [0.15, 0.2) is 0 Å². The molecule has 7 heteroatoms. The van der Waals surface area contributed by atoms with Crippen LogP contribution in [0.2, 0.25) is 0 Å². The molecule has 1 fully saturated rings. The first-order valence-electron chi connectivity index (χ1n) is 6.83. The van der Waals surface area contributed by atoms with Crippen molar-refractivity contribution in [2.45, 2.75) is 51.2 Å². The van der Waals surface area contributed by atoms with Crippen molar-refractivity contribution in [3.63, 3.8) is 0 Å². The predicted molar refractivity (Wildman–Crippen MR) is 73.3 cm³/mol. The largest absolute Gasteiger partial charge is 0.481 e. The highest BCUT2D eigenvalue weighted by Gasteiger charge is 2.23. The summed E-state index contributed by atoms with van der Waals surface area (Å²) in [6.07, 6.45) is 6.21. The van der Waals surface area contributed by atoms with Gasteiger partial charge in [0.1, 0.15) is 6.54 Å². The van der Waals surface area contributed by atoms with Gasteiger partial charge in [0.05, 0.1) is 11.9 Å². The van der Waals surface area contributed by atoms with Gasteiger partial charge < -0.3 is 15.7 Å². The van der Waals surface area contributed by atoms with E-state index in [1.807, 2.05) is 6.92 Å². The van der Waals surface area contributed by atoms with Crippen molar-refractivity contribution in [3.8, 4) is 0 Å². The van der Waals surface area contributed by atoms with Crippen molar-refractivity contribution in [1.82, 2.24) is 15.1 Å². The van der Waals surface area contributed by atoms with Gasteiger partial charge in [-0.2, -0.15) is 5.10 Å². The summed E-state index contributed by atoms with van der Waals surface area (Å²) in [6, 6.07) is 0.399. The van der Waals surface area contributed by atoms with Gasteiger partial charge in [-0.3, -0.25) is 14.3 Å². The van der Waals surface area contributed by atoms with Gasteiger partial charge >= 0.3 is 5.97 Å². The van der Waals surface area contributed by atoms with Gasteiger partial charge in [0, 0.05) is 24.7 Å². The number of hydrogen-bond acceptors (Lipinski definition) is 4. The Hall–Kier alpha value is -2.05. The zero-order valence-electron chi connectivity index (χ0n) is 11.5. The summed E-state index contributed by atoms with van der Waals surface area (Å²) >= 11 is 0. The summed E-state index contributed by atoms with van der Waals surface area (Å²) in [7, 11) is 0. The lowest BCUT2D eigenvalue weighted by Gasteiger charge is -2.11. The number of rotatable bonds is 8. The number of nitrogens with one attached hydrogen (secondary N) is 2. The first-order chi connectivity index (χ1) is 9.52. The summed E-state index contributed by atoms with van der Waals surface area (Å²) < 4.78 is 1.57. The van der Waals surface area contributed by atoms with Crippen LogP contribution in [0.5, 0.6) is 0 Å². The van der Waals surface area contributed by atoms with E-state index in [4.69, 9.17) is 5.11 Å². The Labute approximate surface area is 117 Å². The molecule has 7 nitrogen and oxygen atoms in total. The predicted octanol–water partition coefficient (Wildman–Crippen LogP) is 0.827. The fraction of sp³-hybridized carbons (Fsp3) is 0.615. The van der Waals surface area contributed by atoms with E-state index >= 15 is 0 Å². The minimum Gasteiger partial charge on any atom is -0.481 e. The molecule has 1 aromatic rings. The third kappa shape index (κ3) is 4.91. The van der Waals surface area contributed by atoms with Gasteiger partial charge in [0.25, 0.3) is 0 Å². The lowest BCUT2D eigenvalue weighted by Crippen LogP contribution is -2.29. The van der Waals surface area contributed by atoms with E-state index in [9.17, 15) is 9.59 Å². The molecule has 2 rings (SSSR count). The number of aromatic nitrogens is 2. The summed E-state index contributed by atoms with van der Waals surface area (Å²) in [5.74, 6) is -0.827. The zero-order valence-corrected chi connectivity index (χ0v) is 11.5.